The summed E-state index contributed by atoms with van der Waals surface area (Å²) in [6.07, 6.45) is 2.13. The summed E-state index contributed by atoms with van der Waals surface area (Å²) in [6.45, 7) is 1.90. The number of hydrogen-bond acceptors (Lipinski definition) is 6. The Morgan fingerprint density at radius 2 is 2.10 bits per heavy atom. The van der Waals surface area contributed by atoms with Crippen LogP contribution in [0.3, 0.4) is 0 Å². The lowest BCUT2D eigenvalue weighted by Gasteiger charge is -2.01. The quantitative estimate of drug-likeness (QED) is 0.375. The first-order valence-electron chi connectivity index (χ1n) is 5.89. The minimum atomic E-state index is -2.18. The van der Waals surface area contributed by atoms with Gasteiger partial charge in [0.25, 0.3) is 0 Å². The summed E-state index contributed by atoms with van der Waals surface area (Å²) in [5.41, 5.74) is 0.526. The van der Waals surface area contributed by atoms with E-state index in [4.69, 9.17) is 11.6 Å². The van der Waals surface area contributed by atoms with Crippen molar-refractivity contribution >= 4 is 39.9 Å². The second kappa shape index (κ2) is 8.56. The van der Waals surface area contributed by atoms with Gasteiger partial charge < -0.3 is 4.74 Å². The molecule has 1 aromatic rings. The molecule has 1 unspecified atom stereocenters. The second-order valence-electron chi connectivity index (χ2n) is 3.64. The highest BCUT2D eigenvalue weighted by Gasteiger charge is 2.07. The van der Waals surface area contributed by atoms with Crippen LogP contribution >= 0.6 is 11.6 Å². The summed E-state index contributed by atoms with van der Waals surface area (Å²) < 4.78 is 24.1. The third-order valence-electron chi connectivity index (χ3n) is 2.24. The summed E-state index contributed by atoms with van der Waals surface area (Å²) >= 11 is 5.94. The average molecular weight is 332 g/mol. The van der Waals surface area contributed by atoms with Crippen LogP contribution in [-0.2, 0) is 24.6 Å². The van der Waals surface area contributed by atoms with Gasteiger partial charge in [-0.05, 0) is 31.2 Å². The van der Waals surface area contributed by atoms with Gasteiger partial charge in [-0.1, -0.05) is 11.6 Å². The van der Waals surface area contributed by atoms with Gasteiger partial charge in [-0.2, -0.15) is 4.36 Å². The number of nitrogens with zero attached hydrogens (tertiary/aromatic N) is 1. The molecule has 114 valence electrons. The lowest BCUT2D eigenvalue weighted by molar-refractivity contribution is -0.137. The molecule has 0 aliphatic carbocycles. The zero-order valence-electron chi connectivity index (χ0n) is 11.4. The fourth-order valence-electron chi connectivity index (χ4n) is 1.30. The number of esters is 1. The van der Waals surface area contributed by atoms with Crippen LogP contribution in [0.5, 0.6) is 0 Å². The van der Waals surface area contributed by atoms with E-state index >= 15 is 0 Å². The zero-order chi connectivity index (χ0) is 15.8. The molecule has 0 aromatic heterocycles. The predicted molar refractivity (Wildman–Crippen MR) is 80.2 cm³/mol. The molecular weight excluding hydrogens is 318 g/mol. The fourth-order valence-corrected chi connectivity index (χ4v) is 2.01. The lowest BCUT2D eigenvalue weighted by Crippen LogP contribution is -2.01. The van der Waals surface area contributed by atoms with Crippen molar-refractivity contribution in [1.82, 2.24) is 0 Å². The van der Waals surface area contributed by atoms with Crippen LogP contribution in [0.2, 0.25) is 5.02 Å². The molecule has 0 heterocycles. The lowest BCUT2D eigenvalue weighted by atomic mass is 10.1. The third kappa shape index (κ3) is 5.66. The number of ether oxygens (including phenoxy) is 1. The van der Waals surface area contributed by atoms with E-state index in [0.717, 1.165) is 12.2 Å². The molecule has 0 amide bonds. The van der Waals surface area contributed by atoms with Crippen molar-refractivity contribution in [2.45, 2.75) is 6.92 Å². The Bertz CT molecular complexity index is 650. The van der Waals surface area contributed by atoms with E-state index in [2.05, 4.69) is 13.3 Å². The molecule has 0 bridgehead atoms. The molecule has 0 fully saturated rings. The number of benzene rings is 1. The molecule has 0 aliphatic rings. The largest absolute Gasteiger partial charge is 0.463 e. The minimum Gasteiger partial charge on any atom is -0.463 e. The van der Waals surface area contributed by atoms with Gasteiger partial charge in [0.15, 0.2) is 16.7 Å². The van der Waals surface area contributed by atoms with Crippen molar-refractivity contribution in [2.24, 2.45) is 4.36 Å². The summed E-state index contributed by atoms with van der Waals surface area (Å²) in [4.78, 5) is 22.9. The van der Waals surface area contributed by atoms with Crippen molar-refractivity contribution in [3.05, 3.63) is 40.9 Å². The number of carbonyl (C=O) groups excluding carboxylic acids is 2. The maximum atomic E-state index is 11.8. The maximum absolute atomic E-state index is 11.8. The smallest absolute Gasteiger partial charge is 0.330 e. The number of halogens is 1. The molecule has 6 nitrogen and oxygen atoms in total. The molecule has 0 radical (unpaired) electrons. The Kier molecular flexibility index (Phi) is 7.07. The topological polar surface area (TPSA) is 82.0 Å². The molecule has 0 saturated heterocycles. The van der Waals surface area contributed by atoms with E-state index in [1.165, 1.54) is 25.3 Å². The van der Waals surface area contributed by atoms with Crippen molar-refractivity contribution in [3.63, 3.8) is 0 Å². The van der Waals surface area contributed by atoms with Crippen LogP contribution in [0.4, 0.5) is 5.69 Å². The van der Waals surface area contributed by atoms with Crippen LogP contribution in [0, 0.1) is 0 Å². The summed E-state index contributed by atoms with van der Waals surface area (Å²) in [7, 11) is -0.927. The van der Waals surface area contributed by atoms with Gasteiger partial charge in [0.1, 0.15) is 0 Å². The number of thiol groups is 1. The van der Waals surface area contributed by atoms with E-state index < -0.39 is 22.6 Å². The van der Waals surface area contributed by atoms with Gasteiger partial charge in [-0.25, -0.2) is 9.00 Å². The molecular formula is C13H14ClNO5S. The van der Waals surface area contributed by atoms with Gasteiger partial charge in [-0.15, -0.1) is 0 Å². The number of rotatable bonds is 6. The molecule has 0 aliphatic heterocycles. The van der Waals surface area contributed by atoms with Crippen molar-refractivity contribution in [1.29, 1.82) is 0 Å². The summed E-state index contributed by atoms with van der Waals surface area (Å²) in [6, 6.07) is 4.28. The van der Waals surface area contributed by atoms with Crippen LogP contribution in [0.25, 0.3) is 0 Å². The van der Waals surface area contributed by atoms with Gasteiger partial charge in [0.05, 0.1) is 24.4 Å². The van der Waals surface area contributed by atoms with Gasteiger partial charge in [-0.3, -0.25) is 8.98 Å². The first kappa shape index (κ1) is 17.4. The number of hydrogen-bond donors (Lipinski definition) is 1. The molecule has 0 spiro atoms. The minimum absolute atomic E-state index is 0.158. The second-order valence-corrected chi connectivity index (χ2v) is 5.08. The van der Waals surface area contributed by atoms with E-state index in [1.54, 1.807) is 6.92 Å². The predicted octanol–water partition coefficient (Wildman–Crippen LogP) is 2.50. The first-order chi connectivity index (χ1) is 9.97. The number of ketones is 1. The number of carbonyl (C=O) groups is 2. The van der Waals surface area contributed by atoms with Crippen LogP contribution in [0.1, 0.15) is 17.3 Å². The van der Waals surface area contributed by atoms with E-state index in [-0.39, 0.29) is 22.9 Å². The van der Waals surface area contributed by atoms with Gasteiger partial charge in [0, 0.05) is 11.6 Å². The fraction of sp³-hybridized carbons (Fsp3) is 0.231. The van der Waals surface area contributed by atoms with E-state index in [1.807, 2.05) is 0 Å². The number of allylic oxidation sites excluding steroid dienone is 1. The van der Waals surface area contributed by atoms with E-state index in [9.17, 15) is 13.8 Å². The Morgan fingerprint density at radius 3 is 2.67 bits per heavy atom. The Morgan fingerprint density at radius 1 is 1.38 bits per heavy atom. The first-order valence-corrected chi connectivity index (χ1v) is 7.40. The Balaban J connectivity index is 2.91. The normalized spacial score (nSPS) is 12.5. The Labute approximate surface area is 129 Å². The molecule has 1 atom stereocenters. The molecule has 8 heteroatoms. The molecule has 1 rings (SSSR count). The highest BCUT2D eigenvalue weighted by molar-refractivity contribution is 7.69. The van der Waals surface area contributed by atoms with Crippen molar-refractivity contribution in [3.8, 4) is 0 Å². The van der Waals surface area contributed by atoms with Gasteiger partial charge in [0.2, 0.25) is 0 Å². The van der Waals surface area contributed by atoms with E-state index in [0.29, 0.717) is 0 Å². The molecule has 0 N–H and O–H groups in total. The highest BCUT2D eigenvalue weighted by atomic mass is 35.5. The standard InChI is InChI=1S/C13H14ClNO5S/c1-3-20-13(17)7-6-12(16)9-4-5-11(10(14)8-9)15-21(18)19-2/h4-8,21H,3H2,1-2H3/b7-6+. The van der Waals surface area contributed by atoms with Crippen LogP contribution in [-0.4, -0.2) is 29.7 Å². The van der Waals surface area contributed by atoms with Gasteiger partial charge >= 0.3 is 5.97 Å². The maximum Gasteiger partial charge on any atom is 0.330 e. The SMILES string of the molecule is CCOC(=O)/C=C/C(=O)c1ccc(N=[SH](=O)OC)c(Cl)c1. The summed E-state index contributed by atoms with van der Waals surface area (Å²) in [5, 5.41) is 0.158. The monoisotopic (exact) mass is 331 g/mol. The Hall–Kier alpha value is -1.70. The third-order valence-corrected chi connectivity index (χ3v) is 3.23. The molecule has 1 aromatic carbocycles. The van der Waals surface area contributed by atoms with Crippen molar-refractivity contribution < 1.29 is 22.7 Å². The average Bonchev–Trinajstić information content (AvgIpc) is 2.47. The zero-order valence-corrected chi connectivity index (χ0v) is 13.1. The van der Waals surface area contributed by atoms with Crippen LogP contribution < -0.4 is 0 Å². The molecule has 21 heavy (non-hydrogen) atoms. The highest BCUT2D eigenvalue weighted by Crippen LogP contribution is 2.26. The molecule has 0 saturated carbocycles. The van der Waals surface area contributed by atoms with Crippen molar-refractivity contribution in [2.75, 3.05) is 13.7 Å². The summed E-state index contributed by atoms with van der Waals surface area (Å²) in [5.74, 6) is -1.01. The van der Waals surface area contributed by atoms with Crippen LogP contribution in [0.15, 0.2) is 34.7 Å².